The summed E-state index contributed by atoms with van der Waals surface area (Å²) >= 11 is 7.70. The van der Waals surface area contributed by atoms with Crippen LogP contribution in [0.3, 0.4) is 0 Å². The van der Waals surface area contributed by atoms with Crippen LogP contribution in [0.25, 0.3) is 27.6 Å². The molecule has 0 bridgehead atoms. The van der Waals surface area contributed by atoms with Crippen molar-refractivity contribution in [2.45, 2.75) is 0 Å². The molecule has 4 rings (SSSR count). The summed E-state index contributed by atoms with van der Waals surface area (Å²) in [5, 5.41) is 24.0. The largest absolute Gasteiger partial charge is 0.497 e. The molecule has 3 aromatic rings. The van der Waals surface area contributed by atoms with Gasteiger partial charge < -0.3 is 4.74 Å². The third kappa shape index (κ3) is 3.08. The highest BCUT2D eigenvalue weighted by molar-refractivity contribution is 7.13. The summed E-state index contributed by atoms with van der Waals surface area (Å²) in [5.74, 6) is 0.730. The molecule has 0 amide bonds. The summed E-state index contributed by atoms with van der Waals surface area (Å²) in [6, 6.07) is 5.74. The number of halogens is 1. The van der Waals surface area contributed by atoms with Crippen molar-refractivity contribution in [1.82, 2.24) is 20.2 Å². The second-order valence-electron chi connectivity index (χ2n) is 5.46. The van der Waals surface area contributed by atoms with E-state index in [-0.39, 0.29) is 0 Å². The number of allylic oxidation sites excluding steroid dienone is 3. The number of hydroxylamine groups is 2. The van der Waals surface area contributed by atoms with Gasteiger partial charge in [-0.3, -0.25) is 5.21 Å². The first kappa shape index (κ1) is 16.7. The Balaban J connectivity index is 1.91. The SMILES string of the molecule is COc1ccc2c(C=C3C=CN(O)C=C3Cl)nnc(-c3nccs3)c2c1. The quantitative estimate of drug-likeness (QED) is 0.719. The second-order valence-corrected chi connectivity index (χ2v) is 6.76. The molecule has 0 saturated heterocycles. The fourth-order valence-electron chi connectivity index (χ4n) is 2.62. The zero-order valence-corrected chi connectivity index (χ0v) is 15.2. The molecule has 8 heteroatoms. The maximum absolute atomic E-state index is 9.45. The number of ether oxygens (including phenoxy) is 1. The first-order valence-corrected chi connectivity index (χ1v) is 8.90. The van der Waals surface area contributed by atoms with Crippen LogP contribution in [0.5, 0.6) is 5.75 Å². The summed E-state index contributed by atoms with van der Waals surface area (Å²) in [4.78, 5) is 4.34. The molecular weight excluding hydrogens is 372 g/mol. The molecule has 0 aliphatic carbocycles. The predicted molar refractivity (Wildman–Crippen MR) is 102 cm³/mol. The Morgan fingerprint density at radius 1 is 1.27 bits per heavy atom. The molecule has 1 aliphatic heterocycles. The van der Waals surface area contributed by atoms with Crippen molar-refractivity contribution >= 4 is 39.8 Å². The van der Waals surface area contributed by atoms with Gasteiger partial charge in [0, 0.05) is 28.5 Å². The molecule has 26 heavy (non-hydrogen) atoms. The van der Waals surface area contributed by atoms with Crippen molar-refractivity contribution in [2.24, 2.45) is 0 Å². The number of nitrogens with zero attached hydrogens (tertiary/aromatic N) is 4. The van der Waals surface area contributed by atoms with Gasteiger partial charge in [-0.1, -0.05) is 11.6 Å². The molecule has 0 fully saturated rings. The Morgan fingerprint density at radius 3 is 2.88 bits per heavy atom. The lowest BCUT2D eigenvalue weighted by atomic mass is 10.1. The van der Waals surface area contributed by atoms with Crippen molar-refractivity contribution in [2.75, 3.05) is 7.11 Å². The van der Waals surface area contributed by atoms with Gasteiger partial charge in [0.15, 0.2) is 0 Å². The van der Waals surface area contributed by atoms with Gasteiger partial charge in [0.2, 0.25) is 0 Å². The van der Waals surface area contributed by atoms with Crippen molar-refractivity contribution < 1.29 is 9.94 Å². The molecule has 1 N–H and O–H groups in total. The van der Waals surface area contributed by atoms with E-state index in [2.05, 4.69) is 15.2 Å². The Kier molecular flexibility index (Phi) is 4.42. The minimum Gasteiger partial charge on any atom is -0.497 e. The first-order valence-electron chi connectivity index (χ1n) is 7.65. The van der Waals surface area contributed by atoms with Crippen LogP contribution < -0.4 is 4.74 Å². The van der Waals surface area contributed by atoms with Gasteiger partial charge in [-0.25, -0.2) is 10.0 Å². The molecule has 1 aliphatic rings. The summed E-state index contributed by atoms with van der Waals surface area (Å²) in [7, 11) is 1.62. The molecule has 0 unspecified atom stereocenters. The number of thiazole rings is 1. The van der Waals surface area contributed by atoms with Gasteiger partial charge in [0.05, 0.1) is 24.0 Å². The average Bonchev–Trinajstić information content (AvgIpc) is 3.18. The lowest BCUT2D eigenvalue weighted by molar-refractivity contribution is 0.0102. The van der Waals surface area contributed by atoms with Gasteiger partial charge in [-0.15, -0.1) is 21.5 Å². The minimum atomic E-state index is 0.405. The molecule has 0 radical (unpaired) electrons. The van der Waals surface area contributed by atoms with Crippen molar-refractivity contribution in [3.05, 3.63) is 64.6 Å². The second kappa shape index (κ2) is 6.87. The third-order valence-corrected chi connectivity index (χ3v) is 4.97. The molecule has 0 atom stereocenters. The maximum atomic E-state index is 9.45. The highest BCUT2D eigenvalue weighted by Crippen LogP contribution is 2.33. The van der Waals surface area contributed by atoms with E-state index in [1.807, 2.05) is 29.7 Å². The van der Waals surface area contributed by atoms with Crippen molar-refractivity contribution in [3.8, 4) is 16.5 Å². The standard InChI is InChI=1S/C18H13ClN4O2S/c1-25-12-2-3-13-14(9-12)17(18-20-5-7-26-18)22-21-16(13)8-11-4-6-23(24)10-15(11)19/h2-10,24H,1H3. The average molecular weight is 385 g/mol. The summed E-state index contributed by atoms with van der Waals surface area (Å²) in [5.41, 5.74) is 2.10. The van der Waals surface area contributed by atoms with E-state index >= 15 is 0 Å². The summed E-state index contributed by atoms with van der Waals surface area (Å²) < 4.78 is 5.36. The van der Waals surface area contributed by atoms with E-state index in [1.54, 1.807) is 19.4 Å². The first-order chi connectivity index (χ1) is 12.7. The number of aromatic nitrogens is 3. The Morgan fingerprint density at radius 2 is 2.15 bits per heavy atom. The number of methoxy groups -OCH3 is 1. The molecule has 2 aromatic heterocycles. The molecule has 3 heterocycles. The topological polar surface area (TPSA) is 71.4 Å². The molecule has 1 aromatic carbocycles. The molecular formula is C18H13ClN4O2S. The van der Waals surface area contributed by atoms with E-state index in [4.69, 9.17) is 16.3 Å². The Hall–Kier alpha value is -2.74. The highest BCUT2D eigenvalue weighted by Gasteiger charge is 2.14. The smallest absolute Gasteiger partial charge is 0.144 e. The van der Waals surface area contributed by atoms with Crippen LogP contribution >= 0.6 is 22.9 Å². The number of fused-ring (bicyclic) bond motifs is 1. The zero-order chi connectivity index (χ0) is 18.1. The van der Waals surface area contributed by atoms with Gasteiger partial charge in [-0.2, -0.15) is 0 Å². The van der Waals surface area contributed by atoms with Gasteiger partial charge in [0.1, 0.15) is 16.5 Å². The van der Waals surface area contributed by atoms with E-state index in [9.17, 15) is 5.21 Å². The molecule has 0 saturated carbocycles. The lowest BCUT2D eigenvalue weighted by Crippen LogP contribution is -2.06. The summed E-state index contributed by atoms with van der Waals surface area (Å²) in [6.45, 7) is 0. The fraction of sp³-hybridized carbons (Fsp3) is 0.0556. The van der Waals surface area contributed by atoms with Crippen molar-refractivity contribution in [1.29, 1.82) is 0 Å². The number of hydrogen-bond donors (Lipinski definition) is 1. The van der Waals surface area contributed by atoms with E-state index < -0.39 is 0 Å². The summed E-state index contributed by atoms with van der Waals surface area (Å²) in [6.07, 6.45) is 8.18. The van der Waals surface area contributed by atoms with Crippen LogP contribution in [-0.2, 0) is 0 Å². The van der Waals surface area contributed by atoms with E-state index in [1.165, 1.54) is 23.7 Å². The van der Waals surface area contributed by atoms with E-state index in [0.29, 0.717) is 16.4 Å². The molecule has 130 valence electrons. The van der Waals surface area contributed by atoms with Crippen LogP contribution in [0.4, 0.5) is 0 Å². The van der Waals surface area contributed by atoms with Gasteiger partial charge >= 0.3 is 0 Å². The van der Waals surface area contributed by atoms with Gasteiger partial charge in [0.25, 0.3) is 0 Å². The normalized spacial score (nSPS) is 15.6. The predicted octanol–water partition coefficient (Wildman–Crippen LogP) is 4.44. The minimum absolute atomic E-state index is 0.405. The number of rotatable bonds is 3. The van der Waals surface area contributed by atoms with Crippen LogP contribution in [-0.4, -0.2) is 32.6 Å². The Labute approximate surface area is 158 Å². The van der Waals surface area contributed by atoms with Gasteiger partial charge in [-0.05, 0) is 35.9 Å². The third-order valence-electron chi connectivity index (χ3n) is 3.87. The fourth-order valence-corrected chi connectivity index (χ4v) is 3.47. The van der Waals surface area contributed by atoms with Crippen LogP contribution in [0.15, 0.2) is 58.9 Å². The van der Waals surface area contributed by atoms with Crippen LogP contribution in [0.2, 0.25) is 0 Å². The number of benzene rings is 1. The van der Waals surface area contributed by atoms with E-state index in [0.717, 1.165) is 32.2 Å². The van der Waals surface area contributed by atoms with Crippen LogP contribution in [0, 0.1) is 0 Å². The van der Waals surface area contributed by atoms with Crippen LogP contribution in [0.1, 0.15) is 5.69 Å². The number of hydrogen-bond acceptors (Lipinski definition) is 7. The maximum Gasteiger partial charge on any atom is 0.144 e. The lowest BCUT2D eigenvalue weighted by Gasteiger charge is -2.13. The Bertz CT molecular complexity index is 1060. The zero-order valence-electron chi connectivity index (χ0n) is 13.6. The molecule has 6 nitrogen and oxygen atoms in total. The monoisotopic (exact) mass is 384 g/mol. The van der Waals surface area contributed by atoms with Crippen molar-refractivity contribution in [3.63, 3.8) is 0 Å². The highest BCUT2D eigenvalue weighted by atomic mass is 35.5. The molecule has 0 spiro atoms.